The third-order valence-corrected chi connectivity index (χ3v) is 5.15. The van der Waals surface area contributed by atoms with E-state index in [9.17, 15) is 13.4 Å². The fourth-order valence-corrected chi connectivity index (χ4v) is 3.32. The van der Waals surface area contributed by atoms with Gasteiger partial charge in [0.25, 0.3) is 0 Å². The third-order valence-electron chi connectivity index (χ3n) is 5.15. The van der Waals surface area contributed by atoms with Gasteiger partial charge in [0.2, 0.25) is 0 Å². The molecular formula is C28H25BF2O5. The summed E-state index contributed by atoms with van der Waals surface area (Å²) in [6.45, 7) is 0. The van der Waals surface area contributed by atoms with E-state index in [1.807, 2.05) is 0 Å². The molecule has 0 saturated heterocycles. The molecule has 0 radical (unpaired) electrons. The second kappa shape index (κ2) is 12.9. The molecule has 0 aliphatic rings. The zero-order chi connectivity index (χ0) is 25.9. The van der Waals surface area contributed by atoms with Gasteiger partial charge < -0.3 is 18.9 Å². The highest BCUT2D eigenvalue weighted by Crippen LogP contribution is 2.28. The molecule has 8 heteroatoms. The van der Waals surface area contributed by atoms with Crippen LogP contribution in [0.2, 0.25) is 0 Å². The highest BCUT2D eigenvalue weighted by atomic mass is 19.2. The molecular weight excluding hydrogens is 465 g/mol. The van der Waals surface area contributed by atoms with Crippen LogP contribution in [0, 0.1) is 0 Å². The predicted octanol–water partition coefficient (Wildman–Crippen LogP) is 6.36. The van der Waals surface area contributed by atoms with Crippen molar-refractivity contribution in [3.63, 3.8) is 0 Å². The van der Waals surface area contributed by atoms with Crippen LogP contribution in [-0.2, 0) is 9.45 Å². The van der Waals surface area contributed by atoms with Crippen LogP contribution >= 0.6 is 0 Å². The summed E-state index contributed by atoms with van der Waals surface area (Å²) in [4.78, 5) is 13.4. The minimum atomic E-state index is -3.14. The van der Waals surface area contributed by atoms with Crippen LogP contribution in [0.4, 0.5) is 8.63 Å². The van der Waals surface area contributed by atoms with Gasteiger partial charge in [-0.3, -0.25) is 4.79 Å². The molecule has 0 atom stereocenters. The van der Waals surface area contributed by atoms with Crippen molar-refractivity contribution < 1.29 is 32.3 Å². The molecule has 0 spiro atoms. The molecule has 5 nitrogen and oxygen atoms in total. The normalized spacial score (nSPS) is 11.8. The first-order valence-corrected chi connectivity index (χ1v) is 11.0. The van der Waals surface area contributed by atoms with Gasteiger partial charge in [-0.15, -0.1) is 0 Å². The van der Waals surface area contributed by atoms with E-state index in [1.165, 1.54) is 19.3 Å². The predicted molar refractivity (Wildman–Crippen MR) is 138 cm³/mol. The molecule has 0 saturated carbocycles. The Labute approximate surface area is 209 Å². The van der Waals surface area contributed by atoms with Gasteiger partial charge in [-0.05, 0) is 65.2 Å². The van der Waals surface area contributed by atoms with Gasteiger partial charge in [0, 0.05) is 0 Å². The van der Waals surface area contributed by atoms with Crippen LogP contribution in [0.5, 0.6) is 17.2 Å². The van der Waals surface area contributed by atoms with Gasteiger partial charge in [0.05, 0.1) is 26.9 Å². The number of carbonyl (C=O) groups is 1. The molecule has 0 bridgehead atoms. The maximum Gasteiger partial charge on any atom is 0.796 e. The lowest BCUT2D eigenvalue weighted by Gasteiger charge is -2.13. The monoisotopic (exact) mass is 490 g/mol. The molecule has 0 heterocycles. The van der Waals surface area contributed by atoms with Gasteiger partial charge in [-0.2, -0.15) is 0 Å². The summed E-state index contributed by atoms with van der Waals surface area (Å²) in [5.74, 6) is 0.995. The summed E-state index contributed by atoms with van der Waals surface area (Å²) >= 11 is 0. The number of halogens is 2. The Balaban J connectivity index is 2.07. The second-order valence-electron chi connectivity index (χ2n) is 7.43. The number of rotatable bonds is 11. The molecule has 3 aromatic rings. The van der Waals surface area contributed by atoms with E-state index >= 15 is 0 Å². The van der Waals surface area contributed by atoms with Crippen molar-refractivity contribution in [2.75, 3.05) is 21.3 Å². The Bertz CT molecular complexity index is 1250. The smallest absolute Gasteiger partial charge is 0.505 e. The number of carbonyl (C=O) groups excluding carboxylic acids is 1. The number of ether oxygens (including phenoxy) is 3. The fourth-order valence-electron chi connectivity index (χ4n) is 3.32. The van der Waals surface area contributed by atoms with E-state index in [-0.39, 0.29) is 11.3 Å². The number of methoxy groups -OCH3 is 3. The summed E-state index contributed by atoms with van der Waals surface area (Å²) in [7, 11) is 1.45. The molecule has 3 aromatic carbocycles. The second-order valence-corrected chi connectivity index (χ2v) is 7.43. The van der Waals surface area contributed by atoms with Crippen LogP contribution in [0.25, 0.3) is 17.7 Å². The summed E-state index contributed by atoms with van der Waals surface area (Å²) in [6.07, 6.45) is 5.83. The van der Waals surface area contributed by atoms with Crippen molar-refractivity contribution in [1.29, 1.82) is 0 Å². The van der Waals surface area contributed by atoms with Gasteiger partial charge in [-0.1, -0.05) is 48.6 Å². The van der Waals surface area contributed by atoms with Gasteiger partial charge >= 0.3 is 7.47 Å². The van der Waals surface area contributed by atoms with E-state index in [2.05, 4.69) is 0 Å². The van der Waals surface area contributed by atoms with Crippen molar-refractivity contribution in [2.45, 2.75) is 0 Å². The number of hydrogen-bond donors (Lipinski definition) is 0. The van der Waals surface area contributed by atoms with E-state index in [4.69, 9.17) is 18.9 Å². The third kappa shape index (κ3) is 7.34. The summed E-state index contributed by atoms with van der Waals surface area (Å²) in [5, 5.41) is 0. The van der Waals surface area contributed by atoms with Crippen LogP contribution in [0.3, 0.4) is 0 Å². The summed E-state index contributed by atoms with van der Waals surface area (Å²) in [6, 6.07) is 20.6. The van der Waals surface area contributed by atoms with Crippen molar-refractivity contribution in [3.8, 4) is 17.2 Å². The number of benzene rings is 3. The fraction of sp³-hybridized carbons (Fsp3) is 0.107. The minimum absolute atomic E-state index is 0.0382. The molecule has 0 N–H and O–H groups in total. The average Bonchev–Trinajstić information content (AvgIpc) is 2.91. The van der Waals surface area contributed by atoms with Crippen LogP contribution in [-0.4, -0.2) is 34.6 Å². The van der Waals surface area contributed by atoms with Crippen molar-refractivity contribution in [2.24, 2.45) is 0 Å². The zero-order valence-corrected chi connectivity index (χ0v) is 20.1. The standard InChI is InChI=1S/C28H25BF2O5/c1-33-23-13-7-20(8-14-23)11-17-26(32)28(22-5-4-6-25(19-22)35-3)27(36-29(30)31)18-12-21-9-15-24(34-2)16-10-21/h4-19H,1-3H3/b17-11+,18-12+,28-27-. The maximum atomic E-state index is 13.4. The first-order valence-electron chi connectivity index (χ1n) is 11.0. The van der Waals surface area contributed by atoms with Crippen LogP contribution in [0.1, 0.15) is 16.7 Å². The number of hydrogen-bond acceptors (Lipinski definition) is 5. The molecule has 0 amide bonds. The molecule has 0 unspecified atom stereocenters. The average molecular weight is 490 g/mol. The first kappa shape index (κ1) is 26.3. The molecule has 0 aromatic heterocycles. The topological polar surface area (TPSA) is 54.0 Å². The van der Waals surface area contributed by atoms with Gasteiger partial charge in [0.1, 0.15) is 23.0 Å². The molecule has 0 aliphatic carbocycles. The van der Waals surface area contributed by atoms with Crippen molar-refractivity contribution in [3.05, 3.63) is 107 Å². The lowest BCUT2D eigenvalue weighted by molar-refractivity contribution is -0.109. The minimum Gasteiger partial charge on any atom is -0.505 e. The van der Waals surface area contributed by atoms with Crippen molar-refractivity contribution >= 4 is 31.0 Å². The largest absolute Gasteiger partial charge is 0.796 e. The Kier molecular flexibility index (Phi) is 9.45. The lowest BCUT2D eigenvalue weighted by Crippen LogP contribution is -2.10. The van der Waals surface area contributed by atoms with Crippen molar-refractivity contribution in [1.82, 2.24) is 0 Å². The molecule has 3 rings (SSSR count). The van der Waals surface area contributed by atoms with E-state index in [1.54, 1.807) is 99.2 Å². The molecule has 0 fully saturated rings. The van der Waals surface area contributed by atoms with E-state index in [0.29, 0.717) is 28.4 Å². The van der Waals surface area contributed by atoms with Gasteiger partial charge in [-0.25, -0.2) is 8.63 Å². The highest BCUT2D eigenvalue weighted by Gasteiger charge is 2.24. The Morgan fingerprint density at radius 3 is 1.75 bits per heavy atom. The quantitative estimate of drug-likeness (QED) is 0.136. The van der Waals surface area contributed by atoms with Crippen LogP contribution in [0.15, 0.2) is 90.7 Å². The Hall–Kier alpha value is -4.33. The number of allylic oxidation sites excluding steroid dienone is 3. The van der Waals surface area contributed by atoms with Gasteiger partial charge in [0.15, 0.2) is 5.78 Å². The summed E-state index contributed by atoms with van der Waals surface area (Å²) in [5.41, 5.74) is 1.77. The van der Waals surface area contributed by atoms with Crippen LogP contribution < -0.4 is 14.2 Å². The molecule has 184 valence electrons. The van der Waals surface area contributed by atoms with E-state index in [0.717, 1.165) is 5.56 Å². The highest BCUT2D eigenvalue weighted by molar-refractivity contribution is 6.36. The number of ketones is 1. The van der Waals surface area contributed by atoms with E-state index < -0.39 is 13.3 Å². The maximum absolute atomic E-state index is 13.4. The zero-order valence-electron chi connectivity index (χ0n) is 20.1. The lowest BCUT2D eigenvalue weighted by atomic mass is 9.98. The molecule has 0 aliphatic heterocycles. The molecule has 36 heavy (non-hydrogen) atoms. The SMILES string of the molecule is COc1ccc(/C=C/C(=O)/C(=C(/C=C/c2ccc(OC)cc2)OB(F)F)c2cccc(OC)c2)cc1. The Morgan fingerprint density at radius 1 is 0.722 bits per heavy atom. The summed E-state index contributed by atoms with van der Waals surface area (Å²) < 4.78 is 47.3. The first-order chi connectivity index (χ1) is 17.4. The Morgan fingerprint density at radius 2 is 1.25 bits per heavy atom.